The molecule has 2 saturated heterocycles. The van der Waals surface area contributed by atoms with E-state index in [9.17, 15) is 0 Å². The molecule has 2 bridgehead atoms. The summed E-state index contributed by atoms with van der Waals surface area (Å²) in [5.41, 5.74) is 0. The molecular formula is C14H28N2. The second-order valence-corrected chi connectivity index (χ2v) is 6.24. The van der Waals surface area contributed by atoms with Crippen molar-refractivity contribution in [2.45, 2.75) is 71.0 Å². The SMILES string of the molecule is CC(C)CCC(C)N1CCC2CCC(C1)N2. The summed E-state index contributed by atoms with van der Waals surface area (Å²) in [4.78, 5) is 2.72. The van der Waals surface area contributed by atoms with Crippen molar-refractivity contribution in [2.24, 2.45) is 5.92 Å². The average molecular weight is 224 g/mol. The Morgan fingerprint density at radius 1 is 1.06 bits per heavy atom. The molecule has 2 fully saturated rings. The molecule has 0 amide bonds. The Morgan fingerprint density at radius 2 is 1.81 bits per heavy atom. The van der Waals surface area contributed by atoms with Crippen LogP contribution in [0.4, 0.5) is 0 Å². The number of fused-ring (bicyclic) bond motifs is 2. The van der Waals surface area contributed by atoms with Gasteiger partial charge in [0.25, 0.3) is 0 Å². The predicted molar refractivity (Wildman–Crippen MR) is 69.7 cm³/mol. The first-order chi connectivity index (χ1) is 7.65. The van der Waals surface area contributed by atoms with Crippen LogP contribution in [0.25, 0.3) is 0 Å². The van der Waals surface area contributed by atoms with Crippen molar-refractivity contribution in [1.29, 1.82) is 0 Å². The van der Waals surface area contributed by atoms with Crippen LogP contribution in [-0.4, -0.2) is 36.1 Å². The van der Waals surface area contributed by atoms with Crippen molar-refractivity contribution in [1.82, 2.24) is 10.2 Å². The summed E-state index contributed by atoms with van der Waals surface area (Å²) in [6.07, 6.45) is 6.92. The molecule has 2 nitrogen and oxygen atoms in total. The van der Waals surface area contributed by atoms with Gasteiger partial charge >= 0.3 is 0 Å². The zero-order valence-electron chi connectivity index (χ0n) is 11.2. The molecule has 0 aliphatic carbocycles. The first-order valence-corrected chi connectivity index (χ1v) is 7.15. The maximum atomic E-state index is 3.76. The highest BCUT2D eigenvalue weighted by Gasteiger charge is 2.30. The Kier molecular flexibility index (Phi) is 4.26. The molecule has 3 unspecified atom stereocenters. The van der Waals surface area contributed by atoms with Gasteiger partial charge in [-0.15, -0.1) is 0 Å². The zero-order chi connectivity index (χ0) is 11.5. The maximum absolute atomic E-state index is 3.76. The number of likely N-dealkylation sites (tertiary alicyclic amines) is 1. The number of hydrogen-bond donors (Lipinski definition) is 1. The van der Waals surface area contributed by atoms with Crippen LogP contribution in [0.2, 0.25) is 0 Å². The summed E-state index contributed by atoms with van der Waals surface area (Å²) in [6, 6.07) is 2.39. The van der Waals surface area contributed by atoms with Crippen LogP contribution < -0.4 is 5.32 Å². The van der Waals surface area contributed by atoms with Gasteiger partial charge in [0.15, 0.2) is 0 Å². The highest BCUT2D eigenvalue weighted by Crippen LogP contribution is 2.23. The molecule has 16 heavy (non-hydrogen) atoms. The predicted octanol–water partition coefficient (Wildman–Crippen LogP) is 2.64. The molecule has 1 N–H and O–H groups in total. The molecule has 3 atom stereocenters. The van der Waals surface area contributed by atoms with Gasteiger partial charge in [-0.25, -0.2) is 0 Å². The maximum Gasteiger partial charge on any atom is 0.0198 e. The van der Waals surface area contributed by atoms with Crippen molar-refractivity contribution >= 4 is 0 Å². The van der Waals surface area contributed by atoms with Crippen LogP contribution in [0.1, 0.15) is 52.9 Å². The van der Waals surface area contributed by atoms with Gasteiger partial charge < -0.3 is 5.32 Å². The van der Waals surface area contributed by atoms with Gasteiger partial charge in [0.1, 0.15) is 0 Å². The van der Waals surface area contributed by atoms with Gasteiger partial charge in [-0.05, 0) is 51.5 Å². The Balaban J connectivity index is 1.80. The molecule has 2 aliphatic heterocycles. The van der Waals surface area contributed by atoms with Crippen molar-refractivity contribution in [3.05, 3.63) is 0 Å². The number of rotatable bonds is 4. The first-order valence-electron chi connectivity index (χ1n) is 7.15. The Labute approximate surface area is 101 Å². The van der Waals surface area contributed by atoms with E-state index in [2.05, 4.69) is 31.0 Å². The lowest BCUT2D eigenvalue weighted by atomic mass is 10.0. The highest BCUT2D eigenvalue weighted by atomic mass is 15.2. The third-order valence-electron chi connectivity index (χ3n) is 4.34. The summed E-state index contributed by atoms with van der Waals surface area (Å²) >= 11 is 0. The van der Waals surface area contributed by atoms with Gasteiger partial charge in [-0.2, -0.15) is 0 Å². The van der Waals surface area contributed by atoms with Crippen LogP contribution >= 0.6 is 0 Å². The minimum atomic E-state index is 0.781. The fourth-order valence-corrected chi connectivity index (χ4v) is 3.13. The lowest BCUT2D eigenvalue weighted by molar-refractivity contribution is 0.183. The molecule has 2 rings (SSSR count). The molecule has 0 spiro atoms. The van der Waals surface area contributed by atoms with Gasteiger partial charge in [0, 0.05) is 24.7 Å². The van der Waals surface area contributed by atoms with E-state index < -0.39 is 0 Å². The van der Waals surface area contributed by atoms with Crippen LogP contribution in [0.5, 0.6) is 0 Å². The number of nitrogens with one attached hydrogen (secondary N) is 1. The largest absolute Gasteiger partial charge is 0.310 e. The lowest BCUT2D eigenvalue weighted by Crippen LogP contribution is -2.40. The van der Waals surface area contributed by atoms with E-state index in [0.717, 1.165) is 24.0 Å². The molecule has 0 aromatic carbocycles. The summed E-state index contributed by atoms with van der Waals surface area (Å²) < 4.78 is 0. The monoisotopic (exact) mass is 224 g/mol. The molecule has 0 saturated carbocycles. The molecule has 0 aromatic heterocycles. The second-order valence-electron chi connectivity index (χ2n) is 6.24. The molecule has 94 valence electrons. The third-order valence-corrected chi connectivity index (χ3v) is 4.34. The fraction of sp³-hybridized carbons (Fsp3) is 1.00. The van der Waals surface area contributed by atoms with Crippen LogP contribution in [-0.2, 0) is 0 Å². The molecule has 2 aliphatic rings. The summed E-state index contributed by atoms with van der Waals surface area (Å²) in [7, 11) is 0. The van der Waals surface area contributed by atoms with E-state index in [1.54, 1.807) is 0 Å². The van der Waals surface area contributed by atoms with E-state index in [0.29, 0.717) is 0 Å². The summed E-state index contributed by atoms with van der Waals surface area (Å²) in [6.45, 7) is 9.68. The molecular weight excluding hydrogens is 196 g/mol. The molecule has 2 heteroatoms. The van der Waals surface area contributed by atoms with Gasteiger partial charge in [0.05, 0.1) is 0 Å². The van der Waals surface area contributed by atoms with Crippen molar-refractivity contribution in [3.8, 4) is 0 Å². The van der Waals surface area contributed by atoms with E-state index in [1.807, 2.05) is 0 Å². The first kappa shape index (κ1) is 12.4. The molecule has 0 radical (unpaired) electrons. The van der Waals surface area contributed by atoms with Crippen LogP contribution in [0.15, 0.2) is 0 Å². The zero-order valence-corrected chi connectivity index (χ0v) is 11.2. The minimum Gasteiger partial charge on any atom is -0.310 e. The Morgan fingerprint density at radius 3 is 2.56 bits per heavy atom. The average Bonchev–Trinajstić information content (AvgIpc) is 2.55. The van der Waals surface area contributed by atoms with E-state index >= 15 is 0 Å². The van der Waals surface area contributed by atoms with E-state index in [-0.39, 0.29) is 0 Å². The van der Waals surface area contributed by atoms with Gasteiger partial charge in [-0.1, -0.05) is 13.8 Å². The summed E-state index contributed by atoms with van der Waals surface area (Å²) in [5, 5.41) is 3.76. The minimum absolute atomic E-state index is 0.781. The Hall–Kier alpha value is -0.0800. The second kappa shape index (κ2) is 5.50. The standard InChI is InChI=1S/C14H28N2/c1-11(2)4-5-12(3)16-9-8-13-6-7-14(10-16)15-13/h11-15H,4-10H2,1-3H3. The van der Waals surface area contributed by atoms with Crippen molar-refractivity contribution in [3.63, 3.8) is 0 Å². The molecule has 2 heterocycles. The number of hydrogen-bond acceptors (Lipinski definition) is 2. The van der Waals surface area contributed by atoms with Gasteiger partial charge in [-0.3, -0.25) is 4.90 Å². The highest BCUT2D eigenvalue weighted by molar-refractivity contribution is 4.90. The quantitative estimate of drug-likeness (QED) is 0.790. The Bertz CT molecular complexity index is 215. The lowest BCUT2D eigenvalue weighted by Gasteiger charge is -2.30. The topological polar surface area (TPSA) is 15.3 Å². The van der Waals surface area contributed by atoms with Crippen LogP contribution in [0.3, 0.4) is 0 Å². The number of nitrogens with zero attached hydrogens (tertiary/aromatic N) is 1. The third kappa shape index (κ3) is 3.21. The fourth-order valence-electron chi connectivity index (χ4n) is 3.13. The summed E-state index contributed by atoms with van der Waals surface area (Å²) in [5.74, 6) is 0.851. The van der Waals surface area contributed by atoms with Crippen molar-refractivity contribution in [2.75, 3.05) is 13.1 Å². The van der Waals surface area contributed by atoms with Crippen LogP contribution in [0, 0.1) is 5.92 Å². The van der Waals surface area contributed by atoms with Gasteiger partial charge in [0.2, 0.25) is 0 Å². The molecule has 0 aromatic rings. The smallest absolute Gasteiger partial charge is 0.0198 e. The van der Waals surface area contributed by atoms with E-state index in [1.165, 1.54) is 45.2 Å². The van der Waals surface area contributed by atoms with E-state index in [4.69, 9.17) is 0 Å². The van der Waals surface area contributed by atoms with Crippen molar-refractivity contribution < 1.29 is 0 Å². The normalized spacial score (nSPS) is 33.0.